The Hall–Kier alpha value is -0.590. The van der Waals surface area contributed by atoms with Crippen molar-refractivity contribution in [3.05, 3.63) is 11.6 Å². The molecule has 0 amide bonds. The highest BCUT2D eigenvalue weighted by molar-refractivity contribution is 5.65. The maximum absolute atomic E-state index is 10.4. The van der Waals surface area contributed by atoms with Crippen LogP contribution in [0.4, 0.5) is 0 Å². The Bertz CT molecular complexity index is 215. The summed E-state index contributed by atoms with van der Waals surface area (Å²) < 4.78 is 0. The van der Waals surface area contributed by atoms with Crippen LogP contribution in [0.1, 0.15) is 6.42 Å². The molecular weight excluding hydrogens is 112 g/mol. The largest absolute Gasteiger partial charge is 0.303 e. The zero-order valence-corrected chi connectivity index (χ0v) is 5.08. The Labute approximate surface area is 53.7 Å². The Morgan fingerprint density at radius 3 is 2.78 bits per heavy atom. The molecule has 0 spiro atoms. The molecule has 0 aromatic heterocycles. The molecular formula is C8H8O. The number of rotatable bonds is 1. The first-order chi connectivity index (χ1) is 4.42. The molecule has 1 nitrogen and oxygen atoms in total. The van der Waals surface area contributed by atoms with Crippen molar-refractivity contribution in [3.63, 3.8) is 0 Å². The summed E-state index contributed by atoms with van der Waals surface area (Å²) in [4.78, 5) is 10.4. The van der Waals surface area contributed by atoms with Crippen LogP contribution < -0.4 is 0 Å². The van der Waals surface area contributed by atoms with Crippen LogP contribution in [-0.2, 0) is 4.79 Å². The summed E-state index contributed by atoms with van der Waals surface area (Å²) in [5, 5.41) is 0. The van der Waals surface area contributed by atoms with Gasteiger partial charge in [0.15, 0.2) is 0 Å². The average Bonchev–Trinajstić information content (AvgIpc) is 2.40. The molecule has 46 valence electrons. The lowest BCUT2D eigenvalue weighted by atomic mass is 10.00. The van der Waals surface area contributed by atoms with Gasteiger partial charge in [-0.2, -0.15) is 0 Å². The molecule has 0 radical (unpaired) electrons. The smallest absolute Gasteiger partial charge is 0.124 e. The van der Waals surface area contributed by atoms with Crippen LogP contribution in [0.2, 0.25) is 0 Å². The molecule has 4 rings (SSSR count). The van der Waals surface area contributed by atoms with E-state index in [1.807, 2.05) is 0 Å². The number of hydrogen-bond donors (Lipinski definition) is 0. The Balaban J connectivity index is 2.09. The molecule has 0 aliphatic heterocycles. The highest BCUT2D eigenvalue weighted by Gasteiger charge is 2.62. The molecule has 0 heterocycles. The molecule has 4 unspecified atom stereocenters. The molecule has 4 aliphatic carbocycles. The highest BCUT2D eigenvalue weighted by atomic mass is 16.1. The van der Waals surface area contributed by atoms with Gasteiger partial charge in [-0.3, -0.25) is 0 Å². The zero-order valence-electron chi connectivity index (χ0n) is 5.08. The molecule has 2 fully saturated rings. The van der Waals surface area contributed by atoms with Gasteiger partial charge < -0.3 is 4.79 Å². The van der Waals surface area contributed by atoms with Crippen LogP contribution >= 0.6 is 0 Å². The van der Waals surface area contributed by atoms with Crippen LogP contribution in [0.15, 0.2) is 11.6 Å². The molecule has 1 heteroatoms. The van der Waals surface area contributed by atoms with E-state index in [1.165, 1.54) is 6.42 Å². The van der Waals surface area contributed by atoms with Crippen molar-refractivity contribution in [2.75, 3.05) is 0 Å². The summed E-state index contributed by atoms with van der Waals surface area (Å²) in [7, 11) is 0. The van der Waals surface area contributed by atoms with Crippen LogP contribution in [0.5, 0.6) is 0 Å². The average molecular weight is 120 g/mol. The predicted octanol–water partition coefficient (Wildman–Crippen LogP) is 1.01. The van der Waals surface area contributed by atoms with Crippen molar-refractivity contribution in [1.29, 1.82) is 0 Å². The van der Waals surface area contributed by atoms with Gasteiger partial charge in [-0.15, -0.1) is 0 Å². The number of carbonyl (C=O) groups is 1. The van der Waals surface area contributed by atoms with E-state index in [1.54, 1.807) is 5.57 Å². The van der Waals surface area contributed by atoms with Crippen LogP contribution in [0, 0.1) is 23.7 Å². The maximum Gasteiger partial charge on any atom is 0.124 e. The fourth-order valence-electron chi connectivity index (χ4n) is 2.70. The standard InChI is InChI=1S/C8H8O/c9-3-7-4-1-5-6(2-4)8(5)7/h1,3-4,6-8H,2H2. The second kappa shape index (κ2) is 1.00. The fraction of sp³-hybridized carbons (Fsp3) is 0.625. The molecule has 0 N–H and O–H groups in total. The monoisotopic (exact) mass is 120 g/mol. The van der Waals surface area contributed by atoms with E-state index in [4.69, 9.17) is 0 Å². The van der Waals surface area contributed by atoms with E-state index in [9.17, 15) is 4.79 Å². The maximum atomic E-state index is 10.4. The van der Waals surface area contributed by atoms with Crippen LogP contribution in [-0.4, -0.2) is 6.29 Å². The summed E-state index contributed by atoms with van der Waals surface area (Å²) in [5.41, 5.74) is 1.61. The zero-order chi connectivity index (χ0) is 6.01. The van der Waals surface area contributed by atoms with Gasteiger partial charge in [-0.25, -0.2) is 0 Å². The van der Waals surface area contributed by atoms with Crippen molar-refractivity contribution >= 4 is 6.29 Å². The van der Waals surface area contributed by atoms with Crippen LogP contribution in [0.25, 0.3) is 0 Å². The lowest BCUT2D eigenvalue weighted by Crippen LogP contribution is -2.05. The minimum atomic E-state index is 0.407. The van der Waals surface area contributed by atoms with Crippen molar-refractivity contribution in [2.45, 2.75) is 6.42 Å². The number of hydrogen-bond acceptors (Lipinski definition) is 1. The second-order valence-corrected chi connectivity index (χ2v) is 3.41. The van der Waals surface area contributed by atoms with Gasteiger partial charge in [0.05, 0.1) is 0 Å². The first kappa shape index (κ1) is 4.26. The first-order valence-corrected chi connectivity index (χ1v) is 3.58. The second-order valence-electron chi connectivity index (χ2n) is 3.41. The Kier molecular flexibility index (Phi) is 0.476. The van der Waals surface area contributed by atoms with Crippen molar-refractivity contribution in [1.82, 2.24) is 0 Å². The topological polar surface area (TPSA) is 17.1 Å². The molecule has 4 atom stereocenters. The molecule has 9 heavy (non-hydrogen) atoms. The van der Waals surface area contributed by atoms with Gasteiger partial charge in [0.25, 0.3) is 0 Å². The number of allylic oxidation sites excluding steroid dienone is 2. The van der Waals surface area contributed by atoms with Crippen molar-refractivity contribution in [3.8, 4) is 0 Å². The van der Waals surface area contributed by atoms with Gasteiger partial charge in [-0.1, -0.05) is 11.6 Å². The lowest BCUT2D eigenvalue weighted by Gasteiger charge is -2.03. The first-order valence-electron chi connectivity index (χ1n) is 3.58. The normalized spacial score (nSPS) is 57.6. The highest BCUT2D eigenvalue weighted by Crippen LogP contribution is 2.68. The van der Waals surface area contributed by atoms with E-state index in [0.717, 1.165) is 18.1 Å². The number of carbonyl (C=O) groups excluding carboxylic acids is 1. The minimum Gasteiger partial charge on any atom is -0.303 e. The third-order valence-electron chi connectivity index (χ3n) is 3.14. The SMILES string of the molecule is O=CC1C2C=C3C(C2)C31. The van der Waals surface area contributed by atoms with E-state index >= 15 is 0 Å². The third-order valence-corrected chi connectivity index (χ3v) is 3.14. The van der Waals surface area contributed by atoms with Gasteiger partial charge in [0.1, 0.15) is 6.29 Å². The Morgan fingerprint density at radius 2 is 2.56 bits per heavy atom. The third kappa shape index (κ3) is 0.289. The summed E-state index contributed by atoms with van der Waals surface area (Å²) in [6.07, 6.45) is 4.78. The van der Waals surface area contributed by atoms with E-state index < -0.39 is 0 Å². The molecule has 0 saturated heterocycles. The van der Waals surface area contributed by atoms with E-state index in [0.29, 0.717) is 11.8 Å². The minimum absolute atomic E-state index is 0.407. The predicted molar refractivity (Wildman–Crippen MR) is 32.7 cm³/mol. The summed E-state index contributed by atoms with van der Waals surface area (Å²) >= 11 is 0. The lowest BCUT2D eigenvalue weighted by molar-refractivity contribution is -0.111. The fourth-order valence-corrected chi connectivity index (χ4v) is 2.70. The molecule has 4 aliphatic rings. The van der Waals surface area contributed by atoms with Crippen molar-refractivity contribution < 1.29 is 4.79 Å². The molecule has 4 bridgehead atoms. The van der Waals surface area contributed by atoms with Gasteiger partial charge >= 0.3 is 0 Å². The Morgan fingerprint density at radius 1 is 1.67 bits per heavy atom. The van der Waals surface area contributed by atoms with Crippen molar-refractivity contribution in [2.24, 2.45) is 23.7 Å². The molecule has 0 aromatic rings. The summed E-state index contributed by atoms with van der Waals surface area (Å²) in [6, 6.07) is 0. The van der Waals surface area contributed by atoms with E-state index in [2.05, 4.69) is 6.08 Å². The van der Waals surface area contributed by atoms with Gasteiger partial charge in [0.2, 0.25) is 0 Å². The van der Waals surface area contributed by atoms with Crippen LogP contribution in [0.3, 0.4) is 0 Å². The van der Waals surface area contributed by atoms with Gasteiger partial charge in [0, 0.05) is 5.92 Å². The van der Waals surface area contributed by atoms with Gasteiger partial charge in [-0.05, 0) is 24.2 Å². The number of aldehydes is 1. The van der Waals surface area contributed by atoms with E-state index in [-0.39, 0.29) is 0 Å². The summed E-state index contributed by atoms with van der Waals surface area (Å²) in [5.74, 6) is 2.66. The summed E-state index contributed by atoms with van der Waals surface area (Å²) in [6.45, 7) is 0. The quantitative estimate of drug-likeness (QED) is 0.373. The molecule has 0 aromatic carbocycles. The molecule has 2 saturated carbocycles.